The SMILES string of the molecule is CC(C)=CC[C@H]1O[C@@]1(C)C1OC12CCC(OC(=O)N1CC(CCN3CC(C)(O)C3)C1)CC2. The van der Waals surface area contributed by atoms with E-state index in [-0.39, 0.29) is 35.6 Å². The highest BCUT2D eigenvalue weighted by atomic mass is 16.7. The highest BCUT2D eigenvalue weighted by molar-refractivity contribution is 5.68. The molecule has 4 aliphatic heterocycles. The molecule has 7 nitrogen and oxygen atoms in total. The van der Waals surface area contributed by atoms with Gasteiger partial charge in [0.1, 0.15) is 17.8 Å². The van der Waals surface area contributed by atoms with E-state index in [2.05, 4.69) is 31.7 Å². The number of epoxide rings is 2. The summed E-state index contributed by atoms with van der Waals surface area (Å²) in [4.78, 5) is 16.6. The van der Waals surface area contributed by atoms with E-state index in [4.69, 9.17) is 14.2 Å². The minimum atomic E-state index is -0.504. The number of hydrogen-bond donors (Lipinski definition) is 1. The number of rotatable bonds is 7. The Morgan fingerprint density at radius 2 is 1.84 bits per heavy atom. The van der Waals surface area contributed by atoms with Gasteiger partial charge >= 0.3 is 6.09 Å². The number of hydrogen-bond acceptors (Lipinski definition) is 6. The van der Waals surface area contributed by atoms with Gasteiger partial charge in [0.05, 0.1) is 17.3 Å². The van der Waals surface area contributed by atoms with Crippen molar-refractivity contribution in [1.82, 2.24) is 9.80 Å². The predicted octanol–water partition coefficient (Wildman–Crippen LogP) is 3.11. The Balaban J connectivity index is 0.980. The molecule has 1 unspecified atom stereocenters. The summed E-state index contributed by atoms with van der Waals surface area (Å²) in [6.07, 6.45) is 8.27. The highest BCUT2D eigenvalue weighted by Gasteiger charge is 2.73. The minimum Gasteiger partial charge on any atom is -0.446 e. The molecule has 0 bridgehead atoms. The van der Waals surface area contributed by atoms with E-state index in [1.807, 2.05) is 11.8 Å². The lowest BCUT2D eigenvalue weighted by Gasteiger charge is -2.46. The summed E-state index contributed by atoms with van der Waals surface area (Å²) in [5, 5.41) is 9.81. The van der Waals surface area contributed by atoms with Crippen molar-refractivity contribution in [3.05, 3.63) is 11.6 Å². The van der Waals surface area contributed by atoms with Crippen LogP contribution in [0.4, 0.5) is 4.79 Å². The fraction of sp³-hybridized carbons (Fsp3) is 0.880. The van der Waals surface area contributed by atoms with Crippen molar-refractivity contribution < 1.29 is 24.1 Å². The van der Waals surface area contributed by atoms with Crippen molar-refractivity contribution in [2.45, 2.75) is 101 Å². The minimum absolute atomic E-state index is 0.00902. The van der Waals surface area contributed by atoms with Crippen molar-refractivity contribution in [2.24, 2.45) is 5.92 Å². The quantitative estimate of drug-likeness (QED) is 0.476. The molecule has 180 valence electrons. The van der Waals surface area contributed by atoms with Crippen LogP contribution in [0.25, 0.3) is 0 Å². The van der Waals surface area contributed by atoms with Crippen LogP contribution in [0.1, 0.15) is 66.2 Å². The van der Waals surface area contributed by atoms with Crippen LogP contribution >= 0.6 is 0 Å². The van der Waals surface area contributed by atoms with Crippen LogP contribution in [-0.2, 0) is 14.2 Å². The normalized spacial score (nSPS) is 40.4. The van der Waals surface area contributed by atoms with E-state index >= 15 is 0 Å². The Morgan fingerprint density at radius 3 is 2.47 bits per heavy atom. The Bertz CT molecular complexity index is 756. The highest BCUT2D eigenvalue weighted by Crippen LogP contribution is 2.60. The third kappa shape index (κ3) is 4.46. The van der Waals surface area contributed by atoms with Crippen LogP contribution < -0.4 is 0 Å². The second kappa shape index (κ2) is 7.97. The van der Waals surface area contributed by atoms with E-state index in [0.29, 0.717) is 5.92 Å². The third-order valence-electron chi connectivity index (χ3n) is 8.26. The van der Waals surface area contributed by atoms with Crippen molar-refractivity contribution in [3.63, 3.8) is 0 Å². The molecule has 4 heterocycles. The van der Waals surface area contributed by atoms with E-state index in [9.17, 15) is 9.90 Å². The van der Waals surface area contributed by atoms with Crippen LogP contribution in [0.3, 0.4) is 0 Å². The second-order valence-corrected chi connectivity index (χ2v) is 11.7. The van der Waals surface area contributed by atoms with Gasteiger partial charge in [-0.2, -0.15) is 0 Å². The number of likely N-dealkylation sites (tertiary alicyclic amines) is 2. The number of amides is 1. The molecule has 1 amide bonds. The molecule has 0 aromatic rings. The molecular formula is C25H40N2O5. The summed E-state index contributed by atoms with van der Waals surface area (Å²) in [6.45, 7) is 12.5. The van der Waals surface area contributed by atoms with Crippen molar-refractivity contribution >= 4 is 6.09 Å². The number of β-amino-alcohol motifs (C(OH)–C–C–N with tert-alkyl or cyclic N) is 1. The number of carbonyl (C=O) groups excluding carboxylic acids is 1. The molecule has 1 spiro atoms. The molecule has 4 saturated heterocycles. The Labute approximate surface area is 192 Å². The van der Waals surface area contributed by atoms with Crippen molar-refractivity contribution in [3.8, 4) is 0 Å². The third-order valence-corrected chi connectivity index (χ3v) is 8.26. The molecule has 7 heteroatoms. The summed E-state index contributed by atoms with van der Waals surface area (Å²) in [5.41, 5.74) is 0.626. The lowest BCUT2D eigenvalue weighted by Crippen LogP contribution is -2.60. The lowest BCUT2D eigenvalue weighted by atomic mass is 9.80. The fourth-order valence-corrected chi connectivity index (χ4v) is 6.10. The zero-order valence-electron chi connectivity index (χ0n) is 20.1. The van der Waals surface area contributed by atoms with Gasteiger partial charge in [-0.25, -0.2) is 4.79 Å². The predicted molar refractivity (Wildman–Crippen MR) is 120 cm³/mol. The number of ether oxygens (including phenoxy) is 3. The number of nitrogens with zero attached hydrogens (tertiary/aromatic N) is 2. The van der Waals surface area contributed by atoms with Gasteiger partial charge in [0, 0.05) is 26.2 Å². The molecule has 5 fully saturated rings. The second-order valence-electron chi connectivity index (χ2n) is 11.7. The first-order chi connectivity index (χ1) is 15.1. The van der Waals surface area contributed by atoms with Crippen LogP contribution in [0.15, 0.2) is 11.6 Å². The molecule has 5 rings (SSSR count). The summed E-state index contributed by atoms with van der Waals surface area (Å²) < 4.78 is 18.1. The topological polar surface area (TPSA) is 78.1 Å². The number of aliphatic hydroxyl groups is 1. The van der Waals surface area contributed by atoms with Crippen LogP contribution in [0.2, 0.25) is 0 Å². The molecule has 1 saturated carbocycles. The van der Waals surface area contributed by atoms with Gasteiger partial charge in [0.2, 0.25) is 0 Å². The lowest BCUT2D eigenvalue weighted by molar-refractivity contribution is -0.0866. The maximum absolute atomic E-state index is 12.5. The molecular weight excluding hydrogens is 408 g/mol. The summed E-state index contributed by atoms with van der Waals surface area (Å²) >= 11 is 0. The van der Waals surface area contributed by atoms with Crippen LogP contribution in [-0.4, -0.2) is 88.8 Å². The maximum Gasteiger partial charge on any atom is 0.410 e. The first-order valence-electron chi connectivity index (χ1n) is 12.5. The van der Waals surface area contributed by atoms with Gasteiger partial charge in [-0.05, 0) is 78.7 Å². The smallest absolute Gasteiger partial charge is 0.410 e. The fourth-order valence-electron chi connectivity index (χ4n) is 6.10. The molecule has 3 atom stereocenters. The molecule has 0 aromatic carbocycles. The molecule has 32 heavy (non-hydrogen) atoms. The summed E-state index contributed by atoms with van der Waals surface area (Å²) in [7, 11) is 0. The van der Waals surface area contributed by atoms with Gasteiger partial charge in [-0.3, -0.25) is 4.90 Å². The molecule has 1 N–H and O–H groups in total. The van der Waals surface area contributed by atoms with Gasteiger partial charge in [0.25, 0.3) is 0 Å². The maximum atomic E-state index is 12.5. The van der Waals surface area contributed by atoms with Gasteiger partial charge in [-0.15, -0.1) is 0 Å². The van der Waals surface area contributed by atoms with Gasteiger partial charge in [0.15, 0.2) is 0 Å². The Morgan fingerprint density at radius 1 is 1.16 bits per heavy atom. The first kappa shape index (κ1) is 22.6. The van der Waals surface area contributed by atoms with Gasteiger partial charge < -0.3 is 24.2 Å². The van der Waals surface area contributed by atoms with Crippen molar-refractivity contribution in [1.29, 1.82) is 0 Å². The van der Waals surface area contributed by atoms with E-state index in [1.165, 1.54) is 5.57 Å². The number of allylic oxidation sites excluding steroid dienone is 1. The zero-order valence-corrected chi connectivity index (χ0v) is 20.1. The molecule has 5 aliphatic rings. The molecule has 0 radical (unpaired) electrons. The average Bonchev–Trinajstić information content (AvgIpc) is 3.55. The largest absolute Gasteiger partial charge is 0.446 e. The Kier molecular flexibility index (Phi) is 5.63. The standard InChI is InChI=1S/C25H40N2O5/c1-17(2)5-6-20-24(4,31-20)21-25(32-21)10-7-19(8-11-25)30-22(28)27-13-18(14-27)9-12-26-15-23(3,29)16-26/h5,18-21,29H,6-16H2,1-4H3/t19?,20-,21?,24-,25?/m1/s1. The monoisotopic (exact) mass is 448 g/mol. The van der Waals surface area contributed by atoms with Crippen molar-refractivity contribution in [2.75, 3.05) is 32.7 Å². The van der Waals surface area contributed by atoms with E-state index < -0.39 is 5.60 Å². The van der Waals surface area contributed by atoms with E-state index in [0.717, 1.165) is 71.2 Å². The van der Waals surface area contributed by atoms with E-state index in [1.54, 1.807) is 0 Å². The van der Waals surface area contributed by atoms with Crippen LogP contribution in [0.5, 0.6) is 0 Å². The average molecular weight is 449 g/mol. The summed E-state index contributed by atoms with van der Waals surface area (Å²) in [6, 6.07) is 0. The van der Waals surface area contributed by atoms with Crippen LogP contribution in [0, 0.1) is 5.92 Å². The zero-order chi connectivity index (χ0) is 22.7. The first-order valence-corrected chi connectivity index (χ1v) is 12.5. The molecule has 0 aromatic heterocycles. The molecule has 1 aliphatic carbocycles. The van der Waals surface area contributed by atoms with Gasteiger partial charge in [-0.1, -0.05) is 11.6 Å². The Hall–Kier alpha value is -1.15. The summed E-state index contributed by atoms with van der Waals surface area (Å²) in [5.74, 6) is 0.557. The number of carbonyl (C=O) groups is 1.